The van der Waals surface area contributed by atoms with Gasteiger partial charge in [0, 0.05) is 11.9 Å². The van der Waals surface area contributed by atoms with E-state index in [2.05, 4.69) is 14.7 Å². The number of halogens is 1. The first-order valence-corrected chi connectivity index (χ1v) is 7.65. The molecule has 1 heterocycles. The van der Waals surface area contributed by atoms with E-state index in [4.69, 9.17) is 22.1 Å². The van der Waals surface area contributed by atoms with Gasteiger partial charge in [-0.15, -0.1) is 0 Å². The highest BCUT2D eigenvalue weighted by Crippen LogP contribution is 2.29. The van der Waals surface area contributed by atoms with Crippen molar-refractivity contribution in [1.82, 2.24) is 9.97 Å². The van der Waals surface area contributed by atoms with Gasteiger partial charge in [0.2, 0.25) is 5.95 Å². The molecule has 0 radical (unpaired) electrons. The van der Waals surface area contributed by atoms with Gasteiger partial charge in [-0.25, -0.2) is 23.1 Å². The number of rotatable bonds is 4. The Hall–Kier alpha value is -2.06. The van der Waals surface area contributed by atoms with Crippen LogP contribution in [0.25, 0.3) is 0 Å². The molecule has 9 heteroatoms. The van der Waals surface area contributed by atoms with E-state index in [0.717, 1.165) is 0 Å². The standard InChI is InChI=1S/C12H13ClN4O3S/c1-7-5-9(20-2)10(6-8(7)14)21(18,19)17-12-15-4-3-11(13)16-12/h3-6H,14H2,1-2H3,(H,15,16,17). The lowest BCUT2D eigenvalue weighted by molar-refractivity contribution is 0.402. The van der Waals surface area contributed by atoms with Crippen LogP contribution in [0.15, 0.2) is 29.3 Å². The monoisotopic (exact) mass is 328 g/mol. The summed E-state index contributed by atoms with van der Waals surface area (Å²) in [5.74, 6) is 0.0416. The minimum Gasteiger partial charge on any atom is -0.495 e. The van der Waals surface area contributed by atoms with Crippen LogP contribution in [-0.2, 0) is 10.0 Å². The van der Waals surface area contributed by atoms with Crippen molar-refractivity contribution in [2.24, 2.45) is 0 Å². The summed E-state index contributed by atoms with van der Waals surface area (Å²) in [6.07, 6.45) is 1.34. The van der Waals surface area contributed by atoms with Gasteiger partial charge in [-0.05, 0) is 30.7 Å². The number of anilines is 2. The molecule has 0 aliphatic rings. The molecule has 7 nitrogen and oxygen atoms in total. The number of hydrogen-bond acceptors (Lipinski definition) is 6. The zero-order valence-electron chi connectivity index (χ0n) is 11.3. The number of nitrogens with zero attached hydrogens (tertiary/aromatic N) is 2. The molecule has 0 bridgehead atoms. The van der Waals surface area contributed by atoms with Gasteiger partial charge in [0.15, 0.2) is 0 Å². The molecule has 0 unspecified atom stereocenters. The molecule has 0 amide bonds. The zero-order chi connectivity index (χ0) is 15.6. The summed E-state index contributed by atoms with van der Waals surface area (Å²) in [5.41, 5.74) is 6.81. The van der Waals surface area contributed by atoms with Gasteiger partial charge in [0.1, 0.15) is 15.8 Å². The van der Waals surface area contributed by atoms with Gasteiger partial charge < -0.3 is 10.5 Å². The molecule has 0 fully saturated rings. The van der Waals surface area contributed by atoms with Crippen LogP contribution in [0.2, 0.25) is 5.15 Å². The second-order valence-electron chi connectivity index (χ2n) is 4.17. The number of aromatic nitrogens is 2. The molecular formula is C12H13ClN4O3S. The molecule has 0 aliphatic heterocycles. The van der Waals surface area contributed by atoms with Gasteiger partial charge in [0.05, 0.1) is 7.11 Å². The van der Waals surface area contributed by atoms with Crippen LogP contribution in [0.3, 0.4) is 0 Å². The lowest BCUT2D eigenvalue weighted by Crippen LogP contribution is -2.16. The minimum absolute atomic E-state index is 0.100. The van der Waals surface area contributed by atoms with Crippen molar-refractivity contribution in [1.29, 1.82) is 0 Å². The fraction of sp³-hybridized carbons (Fsp3) is 0.167. The third-order valence-corrected chi connectivity index (χ3v) is 4.25. The van der Waals surface area contributed by atoms with E-state index in [1.54, 1.807) is 13.0 Å². The first-order valence-electron chi connectivity index (χ1n) is 5.79. The van der Waals surface area contributed by atoms with E-state index in [1.807, 2.05) is 0 Å². The molecule has 0 saturated carbocycles. The normalized spacial score (nSPS) is 11.2. The van der Waals surface area contributed by atoms with Crippen LogP contribution in [0.1, 0.15) is 5.56 Å². The highest BCUT2D eigenvalue weighted by molar-refractivity contribution is 7.92. The maximum Gasteiger partial charge on any atom is 0.267 e. The molecule has 112 valence electrons. The lowest BCUT2D eigenvalue weighted by atomic mass is 10.2. The Morgan fingerprint density at radius 1 is 1.38 bits per heavy atom. The average molecular weight is 329 g/mol. The predicted octanol–water partition coefficient (Wildman–Crippen LogP) is 1.83. The largest absolute Gasteiger partial charge is 0.495 e. The molecule has 0 atom stereocenters. The number of hydrogen-bond donors (Lipinski definition) is 2. The smallest absolute Gasteiger partial charge is 0.267 e. The first-order chi connectivity index (χ1) is 9.83. The van der Waals surface area contributed by atoms with Crippen molar-refractivity contribution in [2.45, 2.75) is 11.8 Å². The van der Waals surface area contributed by atoms with E-state index in [0.29, 0.717) is 11.3 Å². The number of benzene rings is 1. The predicted molar refractivity (Wildman–Crippen MR) is 80.0 cm³/mol. The molecule has 2 rings (SSSR count). The Morgan fingerprint density at radius 2 is 2.10 bits per heavy atom. The van der Waals surface area contributed by atoms with E-state index in [-0.39, 0.29) is 21.7 Å². The average Bonchev–Trinajstić information content (AvgIpc) is 2.40. The summed E-state index contributed by atoms with van der Waals surface area (Å²) in [6, 6.07) is 4.30. The van der Waals surface area contributed by atoms with Crippen LogP contribution in [0, 0.1) is 6.92 Å². The summed E-state index contributed by atoms with van der Waals surface area (Å²) >= 11 is 5.69. The quantitative estimate of drug-likeness (QED) is 0.655. The van der Waals surface area contributed by atoms with Gasteiger partial charge in [0.25, 0.3) is 10.0 Å². The van der Waals surface area contributed by atoms with Crippen molar-refractivity contribution >= 4 is 33.3 Å². The number of nitrogens with two attached hydrogens (primary N) is 1. The molecule has 0 spiro atoms. The Bertz CT molecular complexity index is 780. The van der Waals surface area contributed by atoms with Crippen LogP contribution in [0.5, 0.6) is 5.75 Å². The van der Waals surface area contributed by atoms with Crippen LogP contribution in [-0.4, -0.2) is 25.5 Å². The number of nitrogens with one attached hydrogen (secondary N) is 1. The van der Waals surface area contributed by atoms with Crippen molar-refractivity contribution in [3.05, 3.63) is 35.1 Å². The highest BCUT2D eigenvalue weighted by atomic mass is 35.5. The summed E-state index contributed by atoms with van der Waals surface area (Å²) in [6.45, 7) is 1.75. The molecule has 21 heavy (non-hydrogen) atoms. The summed E-state index contributed by atoms with van der Waals surface area (Å²) in [7, 11) is -2.58. The molecule has 0 aliphatic carbocycles. The van der Waals surface area contributed by atoms with Gasteiger partial charge in [-0.1, -0.05) is 11.6 Å². The van der Waals surface area contributed by atoms with E-state index < -0.39 is 10.0 Å². The number of ether oxygens (including phenoxy) is 1. The summed E-state index contributed by atoms with van der Waals surface area (Å²) in [5, 5.41) is 0.123. The Labute approximate surface area is 127 Å². The third kappa shape index (κ3) is 3.34. The topological polar surface area (TPSA) is 107 Å². The van der Waals surface area contributed by atoms with Gasteiger partial charge in [-0.2, -0.15) is 0 Å². The van der Waals surface area contributed by atoms with Crippen molar-refractivity contribution < 1.29 is 13.2 Å². The van der Waals surface area contributed by atoms with Gasteiger partial charge >= 0.3 is 0 Å². The second-order valence-corrected chi connectivity index (χ2v) is 6.21. The fourth-order valence-electron chi connectivity index (χ4n) is 1.61. The van der Waals surface area contributed by atoms with E-state index in [9.17, 15) is 8.42 Å². The highest BCUT2D eigenvalue weighted by Gasteiger charge is 2.22. The number of sulfonamides is 1. The molecule has 2 aromatic rings. The van der Waals surface area contributed by atoms with Crippen molar-refractivity contribution in [3.63, 3.8) is 0 Å². The van der Waals surface area contributed by atoms with Crippen molar-refractivity contribution in [2.75, 3.05) is 17.6 Å². The maximum atomic E-state index is 12.4. The van der Waals surface area contributed by atoms with Crippen LogP contribution in [0.4, 0.5) is 11.6 Å². The Kier molecular flexibility index (Phi) is 4.19. The minimum atomic E-state index is -3.95. The van der Waals surface area contributed by atoms with Crippen molar-refractivity contribution in [3.8, 4) is 5.75 Å². The SMILES string of the molecule is COc1cc(C)c(N)cc1S(=O)(=O)Nc1nccc(Cl)n1. The number of nitrogen functional groups attached to an aromatic ring is 1. The number of methoxy groups -OCH3 is 1. The fourth-order valence-corrected chi connectivity index (χ4v) is 2.88. The maximum absolute atomic E-state index is 12.4. The third-order valence-electron chi connectivity index (χ3n) is 2.69. The second kappa shape index (κ2) is 5.74. The Morgan fingerprint density at radius 3 is 2.71 bits per heavy atom. The molecule has 3 N–H and O–H groups in total. The molecule has 1 aromatic carbocycles. The summed E-state index contributed by atoms with van der Waals surface area (Å²) < 4.78 is 32.1. The van der Waals surface area contributed by atoms with E-state index in [1.165, 1.54) is 25.4 Å². The van der Waals surface area contributed by atoms with Gasteiger partial charge in [-0.3, -0.25) is 0 Å². The van der Waals surface area contributed by atoms with Crippen LogP contribution >= 0.6 is 11.6 Å². The summed E-state index contributed by atoms with van der Waals surface area (Å²) in [4.78, 5) is 7.46. The van der Waals surface area contributed by atoms with E-state index >= 15 is 0 Å². The first kappa shape index (κ1) is 15.3. The number of aryl methyl sites for hydroxylation is 1. The molecule has 0 saturated heterocycles. The molecule has 1 aromatic heterocycles. The lowest BCUT2D eigenvalue weighted by Gasteiger charge is -2.12. The zero-order valence-corrected chi connectivity index (χ0v) is 12.9. The molecular weight excluding hydrogens is 316 g/mol. The van der Waals surface area contributed by atoms with Crippen LogP contribution < -0.4 is 15.2 Å². The Balaban J connectivity index is 2.47.